The molecule has 0 saturated heterocycles. The molecule has 0 bridgehead atoms. The summed E-state index contributed by atoms with van der Waals surface area (Å²) in [4.78, 5) is 12.3. The van der Waals surface area contributed by atoms with Gasteiger partial charge in [-0.2, -0.15) is 0 Å². The van der Waals surface area contributed by atoms with E-state index in [1.807, 2.05) is 0 Å². The van der Waals surface area contributed by atoms with Crippen molar-refractivity contribution in [3.05, 3.63) is 41.2 Å². The van der Waals surface area contributed by atoms with E-state index in [0.29, 0.717) is 11.8 Å². The zero-order valence-electron chi connectivity index (χ0n) is 14.6. The lowest BCUT2D eigenvalue weighted by Gasteiger charge is -2.20. The molecule has 0 radical (unpaired) electrons. The van der Waals surface area contributed by atoms with Crippen LogP contribution in [-0.2, 0) is 17.6 Å². The molecule has 25 heavy (non-hydrogen) atoms. The van der Waals surface area contributed by atoms with E-state index < -0.39 is 0 Å². The van der Waals surface area contributed by atoms with Gasteiger partial charge in [0.2, 0.25) is 5.91 Å². The molecule has 1 heterocycles. The van der Waals surface area contributed by atoms with Crippen LogP contribution in [0.5, 0.6) is 0 Å². The SMILES string of the molecule is C[C@H](NC(=O)CSc1nncn1C1CC1)c1ccc2c(c1)CCCC2. The smallest absolute Gasteiger partial charge is 0.230 e. The molecule has 132 valence electrons. The molecule has 0 spiro atoms. The third kappa shape index (κ3) is 3.89. The van der Waals surface area contributed by atoms with Gasteiger partial charge in [0.25, 0.3) is 0 Å². The van der Waals surface area contributed by atoms with E-state index in [0.717, 1.165) is 11.6 Å². The average Bonchev–Trinajstić information content (AvgIpc) is 3.37. The normalized spacial score (nSPS) is 17.8. The van der Waals surface area contributed by atoms with Gasteiger partial charge in [0.15, 0.2) is 5.16 Å². The van der Waals surface area contributed by atoms with Crippen LogP contribution in [0.3, 0.4) is 0 Å². The minimum absolute atomic E-state index is 0.0293. The Bertz CT molecular complexity index is 769. The van der Waals surface area contributed by atoms with E-state index in [-0.39, 0.29) is 11.9 Å². The van der Waals surface area contributed by atoms with Crippen molar-refractivity contribution in [1.29, 1.82) is 0 Å². The molecule has 0 unspecified atom stereocenters. The van der Waals surface area contributed by atoms with E-state index in [4.69, 9.17) is 0 Å². The maximum atomic E-state index is 12.3. The summed E-state index contributed by atoms with van der Waals surface area (Å²) in [5.41, 5.74) is 4.13. The summed E-state index contributed by atoms with van der Waals surface area (Å²) in [6, 6.07) is 7.23. The standard InChI is InChI=1S/C19H24N4OS/c1-13(15-7-6-14-4-2-3-5-16(14)10-15)21-18(24)11-25-19-22-20-12-23(19)17-8-9-17/h6-7,10,12-13,17H,2-5,8-9,11H2,1H3,(H,21,24)/t13-/m0/s1. The van der Waals surface area contributed by atoms with Crippen LogP contribution < -0.4 is 5.32 Å². The third-order valence-corrected chi connectivity index (χ3v) is 6.02. The lowest BCUT2D eigenvalue weighted by atomic mass is 9.89. The number of fused-ring (bicyclic) bond motifs is 1. The zero-order chi connectivity index (χ0) is 17.2. The highest BCUT2D eigenvalue weighted by atomic mass is 32.2. The first-order valence-electron chi connectivity index (χ1n) is 9.14. The quantitative estimate of drug-likeness (QED) is 0.805. The molecule has 2 aromatic rings. The second-order valence-corrected chi connectivity index (χ2v) is 8.01. The van der Waals surface area contributed by atoms with Gasteiger partial charge in [-0.3, -0.25) is 4.79 Å². The van der Waals surface area contributed by atoms with Gasteiger partial charge in [-0.15, -0.1) is 10.2 Å². The molecule has 1 fully saturated rings. The second-order valence-electron chi connectivity index (χ2n) is 7.07. The molecule has 1 amide bonds. The summed E-state index contributed by atoms with van der Waals surface area (Å²) in [5.74, 6) is 0.418. The Hall–Kier alpha value is -1.82. The van der Waals surface area contributed by atoms with Gasteiger partial charge in [0.05, 0.1) is 11.8 Å². The van der Waals surface area contributed by atoms with Crippen LogP contribution >= 0.6 is 11.8 Å². The second kappa shape index (κ2) is 7.20. The number of aryl methyl sites for hydroxylation is 2. The van der Waals surface area contributed by atoms with Crippen LogP contribution in [0.2, 0.25) is 0 Å². The Morgan fingerprint density at radius 3 is 2.92 bits per heavy atom. The van der Waals surface area contributed by atoms with Gasteiger partial charge in [-0.1, -0.05) is 30.0 Å². The summed E-state index contributed by atoms with van der Waals surface area (Å²) in [5, 5.41) is 12.1. The van der Waals surface area contributed by atoms with E-state index in [1.165, 1.54) is 60.6 Å². The number of carbonyl (C=O) groups is 1. The molecule has 6 heteroatoms. The number of thioether (sulfide) groups is 1. The summed E-state index contributed by atoms with van der Waals surface area (Å²) in [7, 11) is 0. The van der Waals surface area contributed by atoms with E-state index >= 15 is 0 Å². The Morgan fingerprint density at radius 2 is 2.12 bits per heavy atom. The van der Waals surface area contributed by atoms with Crippen LogP contribution in [0.1, 0.15) is 61.4 Å². The van der Waals surface area contributed by atoms with Crippen molar-refractivity contribution >= 4 is 17.7 Å². The Kier molecular flexibility index (Phi) is 4.79. The molecule has 1 aromatic heterocycles. The largest absolute Gasteiger partial charge is 0.349 e. The number of aromatic nitrogens is 3. The first-order chi connectivity index (χ1) is 12.2. The van der Waals surface area contributed by atoms with Gasteiger partial charge in [-0.05, 0) is 62.1 Å². The molecule has 1 aromatic carbocycles. The van der Waals surface area contributed by atoms with Gasteiger partial charge < -0.3 is 9.88 Å². The fraction of sp³-hybridized carbons (Fsp3) is 0.526. The molecule has 1 atom stereocenters. The van der Waals surface area contributed by atoms with Crippen molar-refractivity contribution in [3.8, 4) is 0 Å². The van der Waals surface area contributed by atoms with E-state index in [2.05, 4.69) is 45.2 Å². The first-order valence-corrected chi connectivity index (χ1v) is 10.1. The summed E-state index contributed by atoms with van der Waals surface area (Å²) >= 11 is 1.47. The van der Waals surface area contributed by atoms with Crippen LogP contribution in [0, 0.1) is 0 Å². The molecule has 2 aliphatic rings. The predicted octanol–water partition coefficient (Wildman–Crippen LogP) is 3.46. The van der Waals surface area contributed by atoms with Crippen molar-refractivity contribution in [2.24, 2.45) is 0 Å². The number of nitrogens with one attached hydrogen (secondary N) is 1. The van der Waals surface area contributed by atoms with Gasteiger partial charge in [0.1, 0.15) is 6.33 Å². The molecule has 2 aliphatic carbocycles. The highest BCUT2D eigenvalue weighted by Gasteiger charge is 2.26. The van der Waals surface area contributed by atoms with Crippen molar-refractivity contribution in [2.45, 2.75) is 62.7 Å². The monoisotopic (exact) mass is 356 g/mol. The van der Waals surface area contributed by atoms with Crippen molar-refractivity contribution in [3.63, 3.8) is 0 Å². The van der Waals surface area contributed by atoms with Gasteiger partial charge >= 0.3 is 0 Å². The lowest BCUT2D eigenvalue weighted by molar-refractivity contribution is -0.119. The maximum absolute atomic E-state index is 12.3. The van der Waals surface area contributed by atoms with Crippen LogP contribution in [0.25, 0.3) is 0 Å². The van der Waals surface area contributed by atoms with Crippen molar-refractivity contribution < 1.29 is 4.79 Å². The fourth-order valence-electron chi connectivity index (χ4n) is 3.46. The lowest BCUT2D eigenvalue weighted by Crippen LogP contribution is -2.28. The number of nitrogens with zero attached hydrogens (tertiary/aromatic N) is 3. The number of benzene rings is 1. The Balaban J connectivity index is 1.33. The average molecular weight is 356 g/mol. The van der Waals surface area contributed by atoms with E-state index in [9.17, 15) is 4.79 Å². The topological polar surface area (TPSA) is 59.8 Å². The summed E-state index contributed by atoms with van der Waals surface area (Å²) < 4.78 is 2.09. The number of rotatable bonds is 6. The predicted molar refractivity (Wildman–Crippen MR) is 98.7 cm³/mol. The Labute approximate surface area is 152 Å². The van der Waals surface area contributed by atoms with Crippen LogP contribution in [-0.4, -0.2) is 26.4 Å². The number of amides is 1. The van der Waals surface area contributed by atoms with Gasteiger partial charge in [0, 0.05) is 6.04 Å². The fourth-order valence-corrected chi connectivity index (χ4v) is 4.25. The minimum atomic E-state index is 0.0293. The molecular weight excluding hydrogens is 332 g/mol. The third-order valence-electron chi connectivity index (χ3n) is 5.06. The molecule has 4 rings (SSSR count). The van der Waals surface area contributed by atoms with Crippen LogP contribution in [0.15, 0.2) is 29.7 Å². The highest BCUT2D eigenvalue weighted by Crippen LogP contribution is 2.37. The minimum Gasteiger partial charge on any atom is -0.349 e. The molecule has 1 saturated carbocycles. The molecular formula is C19H24N4OS. The number of hydrogen-bond acceptors (Lipinski definition) is 4. The van der Waals surface area contributed by atoms with Crippen molar-refractivity contribution in [1.82, 2.24) is 20.1 Å². The van der Waals surface area contributed by atoms with Crippen molar-refractivity contribution in [2.75, 3.05) is 5.75 Å². The molecule has 1 N–H and O–H groups in total. The first kappa shape index (κ1) is 16.6. The maximum Gasteiger partial charge on any atom is 0.230 e. The van der Waals surface area contributed by atoms with Gasteiger partial charge in [-0.25, -0.2) is 0 Å². The highest BCUT2D eigenvalue weighted by molar-refractivity contribution is 7.99. The number of hydrogen-bond donors (Lipinski definition) is 1. The van der Waals surface area contributed by atoms with Crippen LogP contribution in [0.4, 0.5) is 0 Å². The molecule has 5 nitrogen and oxygen atoms in total. The van der Waals surface area contributed by atoms with E-state index in [1.54, 1.807) is 6.33 Å². The summed E-state index contributed by atoms with van der Waals surface area (Å²) in [6.45, 7) is 2.06. The zero-order valence-corrected chi connectivity index (χ0v) is 15.4. The Morgan fingerprint density at radius 1 is 1.32 bits per heavy atom. The summed E-state index contributed by atoms with van der Waals surface area (Å²) in [6.07, 6.45) is 9.07. The number of carbonyl (C=O) groups excluding carboxylic acids is 1. The molecule has 0 aliphatic heterocycles.